The SMILES string of the molecule is Fc1cc(I)cc2cnc(Br)c(Cl)c12. The number of halogens is 4. The van der Waals surface area contributed by atoms with E-state index in [1.165, 1.54) is 6.07 Å². The molecule has 5 heteroatoms. The Kier molecular flexibility index (Phi) is 2.95. The molecular formula is C9H3BrClFIN. The van der Waals surface area contributed by atoms with Crippen molar-refractivity contribution in [3.05, 3.63) is 37.3 Å². The minimum atomic E-state index is -0.319. The van der Waals surface area contributed by atoms with Gasteiger partial charge in [0.15, 0.2) is 0 Å². The van der Waals surface area contributed by atoms with Gasteiger partial charge in [0.1, 0.15) is 10.4 Å². The molecular weight excluding hydrogens is 383 g/mol. The van der Waals surface area contributed by atoms with E-state index < -0.39 is 0 Å². The predicted molar refractivity (Wildman–Crippen MR) is 67.1 cm³/mol. The van der Waals surface area contributed by atoms with Crippen molar-refractivity contribution in [3.63, 3.8) is 0 Å². The first-order chi connectivity index (χ1) is 6.59. The fourth-order valence-corrected chi connectivity index (χ4v) is 2.37. The first-order valence-corrected chi connectivity index (χ1v) is 5.93. The summed E-state index contributed by atoms with van der Waals surface area (Å²) in [4.78, 5) is 4.00. The van der Waals surface area contributed by atoms with Gasteiger partial charge in [-0.2, -0.15) is 0 Å². The lowest BCUT2D eigenvalue weighted by Gasteiger charge is -2.03. The van der Waals surface area contributed by atoms with Crippen LogP contribution < -0.4 is 0 Å². The Balaban J connectivity index is 2.95. The van der Waals surface area contributed by atoms with Crippen molar-refractivity contribution in [2.45, 2.75) is 0 Å². The van der Waals surface area contributed by atoms with Crippen LogP contribution >= 0.6 is 50.1 Å². The first kappa shape index (κ1) is 10.6. The Morgan fingerprint density at radius 2 is 2.14 bits per heavy atom. The summed E-state index contributed by atoms with van der Waals surface area (Å²) in [7, 11) is 0. The summed E-state index contributed by atoms with van der Waals surface area (Å²) in [5.74, 6) is -0.319. The summed E-state index contributed by atoms with van der Waals surface area (Å²) >= 11 is 11.1. The van der Waals surface area contributed by atoms with Crippen molar-refractivity contribution >= 4 is 60.9 Å². The summed E-state index contributed by atoms with van der Waals surface area (Å²) in [6.45, 7) is 0. The van der Waals surface area contributed by atoms with Gasteiger partial charge in [-0.05, 0) is 50.7 Å². The van der Waals surface area contributed by atoms with Crippen LogP contribution in [-0.4, -0.2) is 4.98 Å². The highest BCUT2D eigenvalue weighted by atomic mass is 127. The fraction of sp³-hybridized carbons (Fsp3) is 0. The van der Waals surface area contributed by atoms with Gasteiger partial charge in [0.05, 0.1) is 5.02 Å². The summed E-state index contributed by atoms with van der Waals surface area (Å²) in [6, 6.07) is 3.28. The smallest absolute Gasteiger partial charge is 0.133 e. The maximum atomic E-state index is 13.6. The van der Waals surface area contributed by atoms with Crippen molar-refractivity contribution in [2.75, 3.05) is 0 Å². The van der Waals surface area contributed by atoms with Crippen LogP contribution in [0.3, 0.4) is 0 Å². The Morgan fingerprint density at radius 1 is 1.43 bits per heavy atom. The van der Waals surface area contributed by atoms with E-state index >= 15 is 0 Å². The standard InChI is InChI=1S/C9H3BrClFIN/c10-9-8(11)7-4(3-14-9)1-5(13)2-6(7)12/h1-3H. The molecule has 2 aromatic rings. The molecule has 0 spiro atoms. The molecule has 14 heavy (non-hydrogen) atoms. The molecule has 2 rings (SSSR count). The van der Waals surface area contributed by atoms with Crippen LogP contribution in [0.2, 0.25) is 5.02 Å². The van der Waals surface area contributed by atoms with Crippen LogP contribution in [0.5, 0.6) is 0 Å². The molecule has 0 bridgehead atoms. The second-order valence-corrected chi connectivity index (χ2v) is 5.09. The van der Waals surface area contributed by atoms with E-state index in [1.807, 2.05) is 6.07 Å². The molecule has 72 valence electrons. The molecule has 0 saturated carbocycles. The second-order valence-electron chi connectivity index (χ2n) is 2.71. The molecule has 0 saturated heterocycles. The van der Waals surface area contributed by atoms with E-state index in [2.05, 4.69) is 43.5 Å². The lowest BCUT2D eigenvalue weighted by Crippen LogP contribution is -1.87. The van der Waals surface area contributed by atoms with Gasteiger partial charge in [0.25, 0.3) is 0 Å². The van der Waals surface area contributed by atoms with Gasteiger partial charge in [0, 0.05) is 20.5 Å². The predicted octanol–water partition coefficient (Wildman–Crippen LogP) is 4.39. The van der Waals surface area contributed by atoms with E-state index in [4.69, 9.17) is 11.6 Å². The number of hydrogen-bond donors (Lipinski definition) is 0. The zero-order valence-electron chi connectivity index (χ0n) is 6.69. The highest BCUT2D eigenvalue weighted by Gasteiger charge is 2.10. The van der Waals surface area contributed by atoms with Gasteiger partial charge < -0.3 is 0 Å². The molecule has 0 N–H and O–H groups in total. The number of nitrogens with zero attached hydrogens (tertiary/aromatic N) is 1. The van der Waals surface area contributed by atoms with Gasteiger partial charge in [-0.15, -0.1) is 0 Å². The lowest BCUT2D eigenvalue weighted by molar-refractivity contribution is 0.639. The Labute approximate surface area is 107 Å². The molecule has 0 aliphatic heterocycles. The quantitative estimate of drug-likeness (QED) is 0.483. The van der Waals surface area contributed by atoms with Crippen LogP contribution in [0.15, 0.2) is 22.9 Å². The van der Waals surface area contributed by atoms with Crippen molar-refractivity contribution in [3.8, 4) is 0 Å². The van der Waals surface area contributed by atoms with E-state index in [9.17, 15) is 4.39 Å². The number of rotatable bonds is 0. The van der Waals surface area contributed by atoms with Crippen LogP contribution in [-0.2, 0) is 0 Å². The minimum absolute atomic E-state index is 0.316. The van der Waals surface area contributed by atoms with Crippen molar-refractivity contribution in [2.24, 2.45) is 0 Å². The third kappa shape index (κ3) is 1.75. The summed E-state index contributed by atoms with van der Waals surface area (Å²) in [5.41, 5.74) is 0. The largest absolute Gasteiger partial charge is 0.247 e. The third-order valence-corrected chi connectivity index (χ3v) is 3.62. The van der Waals surface area contributed by atoms with Gasteiger partial charge in [0.2, 0.25) is 0 Å². The van der Waals surface area contributed by atoms with Crippen molar-refractivity contribution in [1.29, 1.82) is 0 Å². The number of fused-ring (bicyclic) bond motifs is 1. The number of benzene rings is 1. The number of pyridine rings is 1. The zero-order chi connectivity index (χ0) is 10.3. The first-order valence-electron chi connectivity index (χ1n) is 3.68. The fourth-order valence-electron chi connectivity index (χ4n) is 1.21. The highest BCUT2D eigenvalue weighted by Crippen LogP contribution is 2.31. The van der Waals surface area contributed by atoms with E-state index in [0.717, 1.165) is 3.57 Å². The number of aromatic nitrogens is 1. The second kappa shape index (κ2) is 3.90. The third-order valence-electron chi connectivity index (χ3n) is 1.80. The van der Waals surface area contributed by atoms with Gasteiger partial charge in [-0.1, -0.05) is 11.6 Å². The Bertz CT molecular complexity index is 518. The molecule has 1 heterocycles. The summed E-state index contributed by atoms with van der Waals surface area (Å²) in [6.07, 6.45) is 1.59. The Morgan fingerprint density at radius 3 is 2.86 bits per heavy atom. The molecule has 0 aliphatic carbocycles. The Hall–Kier alpha value is 0.0600. The topological polar surface area (TPSA) is 12.9 Å². The van der Waals surface area contributed by atoms with E-state index in [1.54, 1.807) is 6.20 Å². The maximum absolute atomic E-state index is 13.6. The van der Waals surface area contributed by atoms with Crippen LogP contribution in [0.1, 0.15) is 0 Å². The zero-order valence-corrected chi connectivity index (χ0v) is 11.2. The highest BCUT2D eigenvalue weighted by molar-refractivity contribution is 14.1. The van der Waals surface area contributed by atoms with Crippen molar-refractivity contribution in [1.82, 2.24) is 4.98 Å². The lowest BCUT2D eigenvalue weighted by atomic mass is 10.2. The van der Waals surface area contributed by atoms with Crippen LogP contribution in [0, 0.1) is 9.39 Å². The molecule has 0 amide bonds. The average Bonchev–Trinajstić information content (AvgIpc) is 2.10. The molecule has 0 fully saturated rings. The number of hydrogen-bond acceptors (Lipinski definition) is 1. The molecule has 0 radical (unpaired) electrons. The monoisotopic (exact) mass is 385 g/mol. The minimum Gasteiger partial charge on any atom is -0.247 e. The van der Waals surface area contributed by atoms with Crippen LogP contribution in [0.25, 0.3) is 10.8 Å². The molecule has 0 aliphatic rings. The van der Waals surface area contributed by atoms with Gasteiger partial charge in [-0.25, -0.2) is 9.37 Å². The average molecular weight is 386 g/mol. The van der Waals surface area contributed by atoms with Crippen molar-refractivity contribution < 1.29 is 4.39 Å². The van der Waals surface area contributed by atoms with E-state index in [-0.39, 0.29) is 5.82 Å². The molecule has 1 nitrogen and oxygen atoms in total. The van der Waals surface area contributed by atoms with E-state index in [0.29, 0.717) is 20.4 Å². The molecule has 0 unspecified atom stereocenters. The molecule has 0 atom stereocenters. The van der Waals surface area contributed by atoms with Gasteiger partial charge >= 0.3 is 0 Å². The van der Waals surface area contributed by atoms with Gasteiger partial charge in [-0.3, -0.25) is 0 Å². The molecule has 1 aromatic heterocycles. The normalized spacial score (nSPS) is 10.9. The van der Waals surface area contributed by atoms with Crippen LogP contribution in [0.4, 0.5) is 4.39 Å². The summed E-state index contributed by atoms with van der Waals surface area (Å²) < 4.78 is 14.8. The molecule has 1 aromatic carbocycles. The summed E-state index contributed by atoms with van der Waals surface area (Å²) in [5, 5.41) is 1.44. The maximum Gasteiger partial charge on any atom is 0.133 e.